The van der Waals surface area contributed by atoms with Crippen molar-refractivity contribution in [1.82, 2.24) is 5.32 Å². The topological polar surface area (TPSA) is 113 Å². The molecule has 0 fully saturated rings. The Morgan fingerprint density at radius 1 is 1.33 bits per heavy atom. The molecule has 8 heteroatoms. The van der Waals surface area contributed by atoms with Crippen molar-refractivity contribution in [3.05, 3.63) is 52.4 Å². The molecule has 1 aromatic heterocycles. The Kier molecular flexibility index (Phi) is 4.37. The highest BCUT2D eigenvalue weighted by atomic mass is 32.2. The Morgan fingerprint density at radius 2 is 2.00 bits per heavy atom. The van der Waals surface area contributed by atoms with E-state index < -0.39 is 10.0 Å². The number of carbonyl (C=O) groups is 1. The van der Waals surface area contributed by atoms with Gasteiger partial charge in [-0.15, -0.1) is 11.3 Å². The van der Waals surface area contributed by atoms with Gasteiger partial charge in [-0.3, -0.25) is 4.79 Å². The highest BCUT2D eigenvalue weighted by Gasteiger charge is 2.14. The van der Waals surface area contributed by atoms with Crippen molar-refractivity contribution in [2.75, 3.05) is 0 Å². The summed E-state index contributed by atoms with van der Waals surface area (Å²) in [4.78, 5) is 11.9. The average molecular weight is 321 g/mol. The first-order valence-corrected chi connectivity index (χ1v) is 8.21. The zero-order valence-corrected chi connectivity index (χ0v) is 12.4. The zero-order chi connectivity index (χ0) is 15.5. The SMILES string of the molecule is N#Cc1ccc(CNC(=O)c2csc(S(N)(=O)=O)c2)cc1. The minimum Gasteiger partial charge on any atom is -0.348 e. The van der Waals surface area contributed by atoms with Crippen molar-refractivity contribution in [2.24, 2.45) is 5.14 Å². The fourth-order valence-electron chi connectivity index (χ4n) is 1.57. The molecule has 2 rings (SSSR count). The molecule has 3 N–H and O–H groups in total. The first kappa shape index (κ1) is 15.2. The third-order valence-corrected chi connectivity index (χ3v) is 5.04. The summed E-state index contributed by atoms with van der Waals surface area (Å²) in [6.45, 7) is 0.283. The number of carbonyl (C=O) groups excluding carboxylic acids is 1. The normalized spacial score (nSPS) is 10.9. The maximum absolute atomic E-state index is 11.9. The minimum atomic E-state index is -3.78. The van der Waals surface area contributed by atoms with Crippen LogP contribution in [0.3, 0.4) is 0 Å². The van der Waals surface area contributed by atoms with Crippen molar-refractivity contribution in [3.63, 3.8) is 0 Å². The van der Waals surface area contributed by atoms with Gasteiger partial charge in [-0.2, -0.15) is 5.26 Å². The van der Waals surface area contributed by atoms with Gasteiger partial charge in [0.15, 0.2) is 0 Å². The molecule has 1 aromatic carbocycles. The quantitative estimate of drug-likeness (QED) is 0.880. The van der Waals surface area contributed by atoms with Crippen molar-refractivity contribution in [1.29, 1.82) is 5.26 Å². The van der Waals surface area contributed by atoms with Crippen LogP contribution in [0.15, 0.2) is 39.9 Å². The van der Waals surface area contributed by atoms with Crippen molar-refractivity contribution in [2.45, 2.75) is 10.8 Å². The van der Waals surface area contributed by atoms with Crippen molar-refractivity contribution >= 4 is 27.3 Å². The van der Waals surface area contributed by atoms with Crippen LogP contribution in [0.5, 0.6) is 0 Å². The van der Waals surface area contributed by atoms with E-state index in [2.05, 4.69) is 5.32 Å². The number of hydrogen-bond acceptors (Lipinski definition) is 5. The summed E-state index contributed by atoms with van der Waals surface area (Å²) in [5.74, 6) is -0.384. The van der Waals surface area contributed by atoms with Crippen LogP contribution in [0.1, 0.15) is 21.5 Å². The monoisotopic (exact) mass is 321 g/mol. The highest BCUT2D eigenvalue weighted by molar-refractivity contribution is 7.91. The summed E-state index contributed by atoms with van der Waals surface area (Å²) in [7, 11) is -3.78. The minimum absolute atomic E-state index is 0.0500. The van der Waals surface area contributed by atoms with Gasteiger partial charge < -0.3 is 5.32 Å². The lowest BCUT2D eigenvalue weighted by atomic mass is 10.1. The second-order valence-corrected chi connectivity index (χ2v) is 6.89. The molecule has 2 aromatic rings. The fraction of sp³-hybridized carbons (Fsp3) is 0.0769. The molecule has 0 spiro atoms. The molecule has 0 saturated heterocycles. The first-order chi connectivity index (χ1) is 9.90. The fourth-order valence-corrected chi connectivity index (χ4v) is 3.15. The number of nitriles is 1. The molecule has 0 bridgehead atoms. The summed E-state index contributed by atoms with van der Waals surface area (Å²) in [5, 5.41) is 17.8. The van der Waals surface area contributed by atoms with Crippen molar-refractivity contribution < 1.29 is 13.2 Å². The number of rotatable bonds is 4. The van der Waals surface area contributed by atoms with Gasteiger partial charge in [-0.05, 0) is 23.8 Å². The van der Waals surface area contributed by atoms with E-state index in [-0.39, 0.29) is 22.2 Å². The molecule has 1 heterocycles. The number of primary sulfonamides is 1. The second kappa shape index (κ2) is 6.05. The lowest BCUT2D eigenvalue weighted by Crippen LogP contribution is -2.22. The van der Waals surface area contributed by atoms with Crippen LogP contribution in [-0.4, -0.2) is 14.3 Å². The molecule has 108 valence electrons. The van der Waals surface area contributed by atoms with Gasteiger partial charge in [0.2, 0.25) is 10.0 Å². The maximum atomic E-state index is 11.9. The van der Waals surface area contributed by atoms with Crippen LogP contribution in [0.2, 0.25) is 0 Å². The standard InChI is InChI=1S/C13H11N3O3S2/c14-6-9-1-3-10(4-2-9)7-16-13(17)11-5-12(20-8-11)21(15,18)19/h1-5,8H,7H2,(H,16,17)(H2,15,18,19). The average Bonchev–Trinajstić information content (AvgIpc) is 2.95. The Bertz CT molecular complexity index is 802. The number of hydrogen-bond donors (Lipinski definition) is 2. The maximum Gasteiger partial charge on any atom is 0.252 e. The van der Waals surface area contributed by atoms with Crippen LogP contribution < -0.4 is 10.5 Å². The Morgan fingerprint density at radius 3 is 2.52 bits per heavy atom. The molecular weight excluding hydrogens is 310 g/mol. The zero-order valence-electron chi connectivity index (χ0n) is 10.7. The van der Waals surface area contributed by atoms with E-state index in [1.54, 1.807) is 24.3 Å². The van der Waals surface area contributed by atoms with Gasteiger partial charge in [0, 0.05) is 11.9 Å². The van der Waals surface area contributed by atoms with Gasteiger partial charge in [-0.1, -0.05) is 12.1 Å². The molecule has 21 heavy (non-hydrogen) atoms. The molecule has 0 atom stereocenters. The molecule has 0 radical (unpaired) electrons. The summed E-state index contributed by atoms with van der Waals surface area (Å²) in [5.41, 5.74) is 1.63. The van der Waals surface area contributed by atoms with E-state index in [1.807, 2.05) is 6.07 Å². The summed E-state index contributed by atoms with van der Waals surface area (Å²) in [6.07, 6.45) is 0. The van der Waals surface area contributed by atoms with Gasteiger partial charge >= 0.3 is 0 Å². The molecule has 0 aliphatic rings. The number of nitrogens with two attached hydrogens (primary N) is 1. The van der Waals surface area contributed by atoms with E-state index in [0.29, 0.717) is 5.56 Å². The molecule has 0 saturated carbocycles. The second-order valence-electron chi connectivity index (χ2n) is 4.19. The highest BCUT2D eigenvalue weighted by Crippen LogP contribution is 2.18. The molecule has 0 aliphatic heterocycles. The molecule has 6 nitrogen and oxygen atoms in total. The third-order valence-electron chi connectivity index (χ3n) is 2.65. The van der Waals surface area contributed by atoms with Gasteiger partial charge in [0.25, 0.3) is 5.91 Å². The van der Waals surface area contributed by atoms with E-state index in [1.165, 1.54) is 11.4 Å². The number of nitrogens with one attached hydrogen (secondary N) is 1. The lowest BCUT2D eigenvalue weighted by Gasteiger charge is -2.03. The Labute approximate surface area is 125 Å². The predicted octanol–water partition coefficient (Wildman–Crippen LogP) is 1.20. The van der Waals surface area contributed by atoms with E-state index >= 15 is 0 Å². The number of sulfonamides is 1. The van der Waals surface area contributed by atoms with Gasteiger partial charge in [0.05, 0.1) is 17.2 Å². The largest absolute Gasteiger partial charge is 0.348 e. The predicted molar refractivity (Wildman–Crippen MR) is 78.0 cm³/mol. The van der Waals surface area contributed by atoms with Crippen LogP contribution >= 0.6 is 11.3 Å². The molecule has 1 amide bonds. The summed E-state index contributed by atoms with van der Waals surface area (Å²) < 4.78 is 22.2. The number of amides is 1. The lowest BCUT2D eigenvalue weighted by molar-refractivity contribution is 0.0951. The Hall–Kier alpha value is -2.21. The van der Waals surface area contributed by atoms with Gasteiger partial charge in [0.1, 0.15) is 4.21 Å². The van der Waals surface area contributed by atoms with Crippen molar-refractivity contribution in [3.8, 4) is 6.07 Å². The number of benzene rings is 1. The van der Waals surface area contributed by atoms with Gasteiger partial charge in [-0.25, -0.2) is 13.6 Å². The smallest absolute Gasteiger partial charge is 0.252 e. The van der Waals surface area contributed by atoms with Crippen LogP contribution in [0.25, 0.3) is 0 Å². The number of thiophene rings is 1. The number of nitrogens with zero attached hydrogens (tertiary/aromatic N) is 1. The van der Waals surface area contributed by atoms with E-state index in [0.717, 1.165) is 16.9 Å². The van der Waals surface area contributed by atoms with Crippen LogP contribution in [0, 0.1) is 11.3 Å². The van der Waals surface area contributed by atoms with E-state index in [4.69, 9.17) is 10.4 Å². The Balaban J connectivity index is 2.01. The third kappa shape index (κ3) is 3.88. The molecule has 0 unspecified atom stereocenters. The van der Waals surface area contributed by atoms with E-state index in [9.17, 15) is 13.2 Å². The van der Waals surface area contributed by atoms with Crippen LogP contribution in [0.4, 0.5) is 0 Å². The summed E-state index contributed by atoms with van der Waals surface area (Å²) in [6, 6.07) is 10.0. The summed E-state index contributed by atoms with van der Waals surface area (Å²) >= 11 is 0.902. The molecular formula is C13H11N3O3S2. The molecule has 0 aliphatic carbocycles. The van der Waals surface area contributed by atoms with Crippen LogP contribution in [-0.2, 0) is 16.6 Å². The first-order valence-electron chi connectivity index (χ1n) is 5.79.